The van der Waals surface area contributed by atoms with E-state index in [9.17, 15) is 0 Å². The van der Waals surface area contributed by atoms with Crippen molar-refractivity contribution in [2.24, 2.45) is 5.92 Å². The van der Waals surface area contributed by atoms with E-state index in [0.29, 0.717) is 0 Å². The first-order valence-corrected chi connectivity index (χ1v) is 10.0. The van der Waals surface area contributed by atoms with Gasteiger partial charge in [0.05, 0.1) is 0 Å². The van der Waals surface area contributed by atoms with Gasteiger partial charge in [-0.1, -0.05) is 41.0 Å². The highest BCUT2D eigenvalue weighted by molar-refractivity contribution is 7.59. The van der Waals surface area contributed by atoms with Crippen molar-refractivity contribution in [1.82, 2.24) is 4.90 Å². The van der Waals surface area contributed by atoms with Gasteiger partial charge in [0.2, 0.25) is 0 Å². The average molecular weight is 283 g/mol. The van der Waals surface area contributed by atoms with Gasteiger partial charge in [-0.3, -0.25) is 0 Å². The van der Waals surface area contributed by atoms with Crippen LogP contribution in [0, 0.1) is 5.92 Å². The third-order valence-corrected chi connectivity index (χ3v) is 9.65. The smallest absolute Gasteiger partial charge is 0.00951 e. The first-order valence-electron chi connectivity index (χ1n) is 8.46. The van der Waals surface area contributed by atoms with Gasteiger partial charge < -0.3 is 4.90 Å². The van der Waals surface area contributed by atoms with Crippen molar-refractivity contribution in [3.8, 4) is 0 Å². The summed E-state index contributed by atoms with van der Waals surface area (Å²) in [7, 11) is 4.80. The van der Waals surface area contributed by atoms with E-state index < -0.39 is 0 Å². The molecule has 0 bridgehead atoms. The maximum atomic E-state index is 2.51. The molecule has 0 amide bonds. The average Bonchev–Trinajstić information content (AvgIpc) is 2.99. The third-order valence-electron chi connectivity index (χ3n) is 5.69. The van der Waals surface area contributed by atoms with Gasteiger partial charge in [-0.15, -0.1) is 0 Å². The molecule has 2 unspecified atom stereocenters. The zero-order chi connectivity index (χ0) is 14.0. The molecule has 112 valence electrons. The molecule has 0 aromatic heterocycles. The molecular weight excluding hydrogens is 249 g/mol. The fraction of sp³-hybridized carbons (Fsp3) is 1.00. The summed E-state index contributed by atoms with van der Waals surface area (Å²) in [6.07, 6.45) is 10.6. The van der Waals surface area contributed by atoms with Gasteiger partial charge >= 0.3 is 0 Å². The second-order valence-corrected chi connectivity index (χ2v) is 10.7. The zero-order valence-electron chi connectivity index (χ0n) is 13.7. The van der Waals surface area contributed by atoms with Crippen LogP contribution in [0.5, 0.6) is 0 Å². The Morgan fingerprint density at radius 2 is 1.53 bits per heavy atom. The highest BCUT2D eigenvalue weighted by Crippen LogP contribution is 2.61. The molecule has 0 radical (unpaired) electrons. The van der Waals surface area contributed by atoms with Gasteiger partial charge in [0, 0.05) is 6.04 Å². The minimum absolute atomic E-state index is 0.255. The fourth-order valence-corrected chi connectivity index (χ4v) is 9.00. The standard InChI is InChI=1S/C17H34NP/c1-13(2)19(15-9-6-7-10-15)17-12-8-11-16(17)14(3)18(4)5/h13-17H,6-12H2,1-5H3/t14-,16?,17?,19-/m1/s1. The second kappa shape index (κ2) is 6.90. The van der Waals surface area contributed by atoms with Gasteiger partial charge in [-0.25, -0.2) is 0 Å². The quantitative estimate of drug-likeness (QED) is 0.646. The number of hydrogen-bond donors (Lipinski definition) is 0. The first-order chi connectivity index (χ1) is 9.02. The Morgan fingerprint density at radius 1 is 0.895 bits per heavy atom. The molecule has 0 N–H and O–H groups in total. The van der Waals surface area contributed by atoms with Crippen molar-refractivity contribution in [3.63, 3.8) is 0 Å². The Kier molecular flexibility index (Phi) is 5.73. The molecule has 0 saturated heterocycles. The van der Waals surface area contributed by atoms with E-state index >= 15 is 0 Å². The van der Waals surface area contributed by atoms with E-state index in [0.717, 1.165) is 28.9 Å². The number of rotatable bonds is 5. The van der Waals surface area contributed by atoms with E-state index in [1.807, 2.05) is 0 Å². The molecule has 0 aromatic rings. The van der Waals surface area contributed by atoms with Crippen LogP contribution in [0.1, 0.15) is 65.7 Å². The van der Waals surface area contributed by atoms with Crippen LogP contribution < -0.4 is 0 Å². The lowest BCUT2D eigenvalue weighted by Gasteiger charge is -2.40. The van der Waals surface area contributed by atoms with E-state index in [-0.39, 0.29) is 7.92 Å². The number of nitrogens with zero attached hydrogens (tertiary/aromatic N) is 1. The van der Waals surface area contributed by atoms with Crippen LogP contribution in [0.4, 0.5) is 0 Å². The highest BCUT2D eigenvalue weighted by Gasteiger charge is 2.41. The second-order valence-electron chi connectivity index (χ2n) is 7.35. The van der Waals surface area contributed by atoms with Gasteiger partial charge in [0.15, 0.2) is 0 Å². The van der Waals surface area contributed by atoms with E-state index in [1.54, 1.807) is 12.8 Å². The van der Waals surface area contributed by atoms with Crippen LogP contribution in [0.2, 0.25) is 0 Å². The molecule has 2 aliphatic rings. The summed E-state index contributed by atoms with van der Waals surface area (Å²) in [5.41, 5.74) is 3.11. The summed E-state index contributed by atoms with van der Waals surface area (Å²) in [6, 6.07) is 0.776. The van der Waals surface area contributed by atoms with Crippen molar-refractivity contribution in [1.29, 1.82) is 0 Å². The molecule has 2 heteroatoms. The monoisotopic (exact) mass is 283 g/mol. The summed E-state index contributed by atoms with van der Waals surface area (Å²) >= 11 is 0. The lowest BCUT2D eigenvalue weighted by atomic mass is 9.98. The molecule has 1 nitrogen and oxygen atoms in total. The largest absolute Gasteiger partial charge is 0.306 e. The number of hydrogen-bond acceptors (Lipinski definition) is 1. The normalized spacial score (nSPS) is 32.4. The SMILES string of the molecule is CC(C)[P@](C1CCCC1)C1CCCC1[C@@H](C)N(C)C. The Morgan fingerprint density at radius 3 is 2.05 bits per heavy atom. The van der Waals surface area contributed by atoms with Gasteiger partial charge in [-0.2, -0.15) is 0 Å². The van der Waals surface area contributed by atoms with E-state index in [2.05, 4.69) is 39.8 Å². The Labute approximate surface area is 122 Å². The molecular formula is C17H34NP. The van der Waals surface area contributed by atoms with Crippen molar-refractivity contribution in [2.75, 3.05) is 14.1 Å². The molecule has 2 fully saturated rings. The van der Waals surface area contributed by atoms with Gasteiger partial charge in [0.25, 0.3) is 0 Å². The highest BCUT2D eigenvalue weighted by atomic mass is 31.1. The van der Waals surface area contributed by atoms with Crippen LogP contribution in [-0.2, 0) is 0 Å². The van der Waals surface area contributed by atoms with Crippen LogP contribution in [-0.4, -0.2) is 42.0 Å². The molecule has 2 aliphatic carbocycles. The summed E-state index contributed by atoms with van der Waals surface area (Å²) in [4.78, 5) is 2.46. The molecule has 2 saturated carbocycles. The van der Waals surface area contributed by atoms with Crippen LogP contribution in [0.3, 0.4) is 0 Å². The van der Waals surface area contributed by atoms with Crippen molar-refractivity contribution in [2.45, 2.75) is 88.7 Å². The topological polar surface area (TPSA) is 3.24 Å². The molecule has 2 rings (SSSR count). The van der Waals surface area contributed by atoms with Crippen LogP contribution >= 0.6 is 7.92 Å². The first kappa shape index (κ1) is 15.8. The molecule has 4 atom stereocenters. The van der Waals surface area contributed by atoms with E-state index in [1.165, 1.54) is 32.1 Å². The Hall–Kier alpha value is 0.390. The van der Waals surface area contributed by atoms with E-state index in [4.69, 9.17) is 0 Å². The molecule has 0 aliphatic heterocycles. The molecule has 0 heterocycles. The van der Waals surface area contributed by atoms with Crippen molar-refractivity contribution >= 4 is 7.92 Å². The third kappa shape index (κ3) is 3.53. The maximum absolute atomic E-state index is 2.51. The zero-order valence-corrected chi connectivity index (χ0v) is 14.6. The molecule has 19 heavy (non-hydrogen) atoms. The summed E-state index contributed by atoms with van der Waals surface area (Å²) in [6.45, 7) is 7.49. The molecule has 0 spiro atoms. The van der Waals surface area contributed by atoms with Crippen molar-refractivity contribution < 1.29 is 0 Å². The summed E-state index contributed by atoms with van der Waals surface area (Å²) in [5.74, 6) is 0.976. The predicted octanol–water partition coefficient (Wildman–Crippen LogP) is 4.94. The lowest BCUT2D eigenvalue weighted by Crippen LogP contribution is -2.37. The summed E-state index contributed by atoms with van der Waals surface area (Å²) < 4.78 is 0. The maximum Gasteiger partial charge on any atom is 0.00951 e. The predicted molar refractivity (Wildman–Crippen MR) is 88.6 cm³/mol. The van der Waals surface area contributed by atoms with Gasteiger partial charge in [0.1, 0.15) is 0 Å². The minimum atomic E-state index is 0.255. The lowest BCUT2D eigenvalue weighted by molar-refractivity contribution is 0.231. The molecule has 0 aromatic carbocycles. The van der Waals surface area contributed by atoms with Gasteiger partial charge in [-0.05, 0) is 69.6 Å². The Bertz CT molecular complexity index is 270. The Balaban J connectivity index is 2.11. The fourth-order valence-electron chi connectivity index (χ4n) is 4.56. The minimum Gasteiger partial charge on any atom is -0.306 e. The van der Waals surface area contributed by atoms with Crippen LogP contribution in [0.25, 0.3) is 0 Å². The summed E-state index contributed by atoms with van der Waals surface area (Å²) in [5, 5.41) is 0. The van der Waals surface area contributed by atoms with Crippen molar-refractivity contribution in [3.05, 3.63) is 0 Å². The van der Waals surface area contributed by atoms with Crippen LogP contribution in [0.15, 0.2) is 0 Å².